The van der Waals surface area contributed by atoms with Gasteiger partial charge in [0.05, 0.1) is 0 Å². The number of fused-ring (bicyclic) bond motifs is 1. The Balaban J connectivity index is 2.36. The molecule has 2 rings (SSSR count). The Labute approximate surface area is 96.5 Å². The summed E-state index contributed by atoms with van der Waals surface area (Å²) in [6.07, 6.45) is 2.71. The summed E-state index contributed by atoms with van der Waals surface area (Å²) >= 11 is 0. The van der Waals surface area contributed by atoms with Gasteiger partial charge in [0.15, 0.2) is 0 Å². The molecule has 1 amide bonds. The van der Waals surface area contributed by atoms with Gasteiger partial charge in [-0.1, -0.05) is 6.92 Å². The Morgan fingerprint density at radius 1 is 1.50 bits per heavy atom. The summed E-state index contributed by atoms with van der Waals surface area (Å²) in [6.45, 7) is 2.77. The minimum absolute atomic E-state index is 0.221. The molecule has 1 heterocycles. The Kier molecular flexibility index (Phi) is 3.13. The number of carbonyl (C=O) groups excluding carboxylic acids is 1. The molecule has 1 aliphatic rings. The van der Waals surface area contributed by atoms with Crippen LogP contribution < -0.4 is 10.2 Å². The molecule has 1 N–H and O–H groups in total. The Hall–Kier alpha value is -1.51. The third-order valence-corrected chi connectivity index (χ3v) is 3.09. The molecule has 0 unspecified atom stereocenters. The van der Waals surface area contributed by atoms with Crippen molar-refractivity contribution in [2.45, 2.75) is 26.2 Å². The van der Waals surface area contributed by atoms with Gasteiger partial charge in [0.1, 0.15) is 0 Å². The fraction of sp³-hybridized carbons (Fsp3) is 0.462. The van der Waals surface area contributed by atoms with Gasteiger partial charge in [-0.3, -0.25) is 4.79 Å². The number of nitrogens with one attached hydrogen (secondary N) is 1. The molecule has 0 aromatic heterocycles. The summed E-state index contributed by atoms with van der Waals surface area (Å²) in [7, 11) is 1.92. The Morgan fingerprint density at radius 3 is 3.00 bits per heavy atom. The van der Waals surface area contributed by atoms with Crippen LogP contribution in [0.5, 0.6) is 0 Å². The number of hydrogen-bond donors (Lipinski definition) is 1. The van der Waals surface area contributed by atoms with E-state index in [2.05, 4.69) is 11.4 Å². The van der Waals surface area contributed by atoms with E-state index >= 15 is 0 Å². The average molecular weight is 218 g/mol. The second-order valence-electron chi connectivity index (χ2n) is 4.10. The van der Waals surface area contributed by atoms with Crippen molar-refractivity contribution in [3.63, 3.8) is 0 Å². The van der Waals surface area contributed by atoms with E-state index in [1.54, 1.807) is 0 Å². The number of rotatable bonds is 2. The van der Waals surface area contributed by atoms with Crippen molar-refractivity contribution >= 4 is 17.3 Å². The summed E-state index contributed by atoms with van der Waals surface area (Å²) in [4.78, 5) is 13.7. The van der Waals surface area contributed by atoms with Crippen LogP contribution in [-0.4, -0.2) is 19.5 Å². The smallest absolute Gasteiger partial charge is 0.226 e. The molecule has 86 valence electrons. The van der Waals surface area contributed by atoms with Gasteiger partial charge in [0, 0.05) is 31.4 Å². The van der Waals surface area contributed by atoms with Crippen LogP contribution in [0.4, 0.5) is 11.4 Å². The number of anilines is 2. The van der Waals surface area contributed by atoms with Crippen LogP contribution in [0.2, 0.25) is 0 Å². The van der Waals surface area contributed by atoms with Crippen molar-refractivity contribution in [2.75, 3.05) is 23.8 Å². The highest BCUT2D eigenvalue weighted by Gasteiger charge is 2.21. The van der Waals surface area contributed by atoms with Crippen molar-refractivity contribution in [3.05, 3.63) is 23.8 Å². The second-order valence-corrected chi connectivity index (χ2v) is 4.10. The van der Waals surface area contributed by atoms with E-state index in [0.717, 1.165) is 30.8 Å². The summed E-state index contributed by atoms with van der Waals surface area (Å²) < 4.78 is 0. The van der Waals surface area contributed by atoms with Gasteiger partial charge in [-0.25, -0.2) is 0 Å². The van der Waals surface area contributed by atoms with Crippen molar-refractivity contribution in [3.8, 4) is 0 Å². The molecule has 0 atom stereocenters. The Bertz CT molecular complexity index is 401. The maximum atomic E-state index is 11.8. The highest BCUT2D eigenvalue weighted by Crippen LogP contribution is 2.29. The molecule has 0 radical (unpaired) electrons. The zero-order valence-electron chi connectivity index (χ0n) is 9.92. The summed E-state index contributed by atoms with van der Waals surface area (Å²) in [5, 5.41) is 3.13. The standard InChI is InChI=1S/C13H18N2O/c1-3-13(16)15-8-4-5-10-9-11(14-2)6-7-12(10)15/h6-7,9,14H,3-5,8H2,1-2H3. The molecule has 1 aliphatic heterocycles. The first-order valence-electron chi connectivity index (χ1n) is 5.87. The first kappa shape index (κ1) is 11.0. The lowest BCUT2D eigenvalue weighted by molar-refractivity contribution is -0.118. The number of carbonyl (C=O) groups is 1. The number of hydrogen-bond acceptors (Lipinski definition) is 2. The largest absolute Gasteiger partial charge is 0.388 e. The van der Waals surface area contributed by atoms with Gasteiger partial charge in [-0.2, -0.15) is 0 Å². The van der Waals surface area contributed by atoms with Crippen molar-refractivity contribution in [2.24, 2.45) is 0 Å². The zero-order valence-corrected chi connectivity index (χ0v) is 9.92. The fourth-order valence-corrected chi connectivity index (χ4v) is 2.20. The van der Waals surface area contributed by atoms with Crippen LogP contribution in [0.1, 0.15) is 25.3 Å². The van der Waals surface area contributed by atoms with Crippen molar-refractivity contribution in [1.82, 2.24) is 0 Å². The van der Waals surface area contributed by atoms with Crippen LogP contribution in [0.25, 0.3) is 0 Å². The topological polar surface area (TPSA) is 32.3 Å². The predicted molar refractivity (Wildman–Crippen MR) is 67.0 cm³/mol. The normalized spacial score (nSPS) is 14.5. The van der Waals surface area contributed by atoms with E-state index < -0.39 is 0 Å². The number of nitrogens with zero attached hydrogens (tertiary/aromatic N) is 1. The number of amides is 1. The molecule has 3 heteroatoms. The van der Waals surface area contributed by atoms with Gasteiger partial charge in [-0.05, 0) is 36.6 Å². The van der Waals surface area contributed by atoms with E-state index in [0.29, 0.717) is 6.42 Å². The summed E-state index contributed by atoms with van der Waals surface area (Å²) in [5.41, 5.74) is 3.49. The third kappa shape index (κ3) is 1.90. The van der Waals surface area contributed by atoms with Crippen LogP contribution in [0.15, 0.2) is 18.2 Å². The van der Waals surface area contributed by atoms with Crippen LogP contribution in [0.3, 0.4) is 0 Å². The van der Waals surface area contributed by atoms with E-state index in [1.807, 2.05) is 31.0 Å². The highest BCUT2D eigenvalue weighted by atomic mass is 16.2. The lowest BCUT2D eigenvalue weighted by atomic mass is 10.0. The first-order chi connectivity index (χ1) is 7.76. The number of aryl methyl sites for hydroxylation is 1. The van der Waals surface area contributed by atoms with Crippen LogP contribution in [-0.2, 0) is 11.2 Å². The molecule has 0 saturated heterocycles. The molecule has 16 heavy (non-hydrogen) atoms. The average Bonchev–Trinajstić information content (AvgIpc) is 2.36. The Morgan fingerprint density at radius 2 is 2.31 bits per heavy atom. The molecule has 1 aromatic carbocycles. The van der Waals surface area contributed by atoms with E-state index in [1.165, 1.54) is 5.56 Å². The molecular weight excluding hydrogens is 200 g/mol. The molecule has 0 bridgehead atoms. The maximum Gasteiger partial charge on any atom is 0.226 e. The van der Waals surface area contributed by atoms with Crippen LogP contribution in [0, 0.1) is 0 Å². The number of benzene rings is 1. The van der Waals surface area contributed by atoms with Gasteiger partial charge >= 0.3 is 0 Å². The first-order valence-corrected chi connectivity index (χ1v) is 5.87. The van der Waals surface area contributed by atoms with Gasteiger partial charge < -0.3 is 10.2 Å². The SMILES string of the molecule is CCC(=O)N1CCCc2cc(NC)ccc21. The molecular formula is C13H18N2O. The third-order valence-electron chi connectivity index (χ3n) is 3.09. The molecule has 0 aliphatic carbocycles. The predicted octanol–water partition coefficient (Wildman–Crippen LogP) is 2.42. The maximum absolute atomic E-state index is 11.8. The highest BCUT2D eigenvalue weighted by molar-refractivity contribution is 5.94. The fourth-order valence-electron chi connectivity index (χ4n) is 2.20. The van der Waals surface area contributed by atoms with E-state index in [4.69, 9.17) is 0 Å². The quantitative estimate of drug-likeness (QED) is 0.826. The minimum Gasteiger partial charge on any atom is -0.388 e. The molecule has 0 saturated carbocycles. The molecule has 0 fully saturated rings. The summed E-state index contributed by atoms with van der Waals surface area (Å²) in [5.74, 6) is 0.221. The minimum atomic E-state index is 0.221. The van der Waals surface area contributed by atoms with Crippen LogP contribution >= 0.6 is 0 Å². The van der Waals surface area contributed by atoms with E-state index in [9.17, 15) is 4.79 Å². The summed E-state index contributed by atoms with van der Waals surface area (Å²) in [6, 6.07) is 6.22. The van der Waals surface area contributed by atoms with Gasteiger partial charge in [0.2, 0.25) is 5.91 Å². The van der Waals surface area contributed by atoms with Crippen molar-refractivity contribution < 1.29 is 4.79 Å². The lowest BCUT2D eigenvalue weighted by Gasteiger charge is -2.29. The van der Waals surface area contributed by atoms with Gasteiger partial charge in [0.25, 0.3) is 0 Å². The van der Waals surface area contributed by atoms with Crippen molar-refractivity contribution in [1.29, 1.82) is 0 Å². The van der Waals surface area contributed by atoms with E-state index in [-0.39, 0.29) is 5.91 Å². The van der Waals surface area contributed by atoms with Gasteiger partial charge in [-0.15, -0.1) is 0 Å². The molecule has 3 nitrogen and oxygen atoms in total. The molecule has 1 aromatic rings. The lowest BCUT2D eigenvalue weighted by Crippen LogP contribution is -2.34. The monoisotopic (exact) mass is 218 g/mol. The second kappa shape index (κ2) is 4.56. The molecule has 0 spiro atoms. The zero-order chi connectivity index (χ0) is 11.5.